The van der Waals surface area contributed by atoms with Crippen LogP contribution in [0.25, 0.3) is 0 Å². The van der Waals surface area contributed by atoms with Gasteiger partial charge in [0.2, 0.25) is 0 Å². The highest BCUT2D eigenvalue weighted by molar-refractivity contribution is 4.72. The molecule has 0 aliphatic rings. The minimum atomic E-state index is 0.595. The molecule has 0 unspecified atom stereocenters. The lowest BCUT2D eigenvalue weighted by atomic mass is 10.3. The van der Waals surface area contributed by atoms with E-state index in [4.69, 9.17) is 10.00 Å². The summed E-state index contributed by atoms with van der Waals surface area (Å²) < 4.78 is 5.03. The molecular weight excluding hydrogens is 190 g/mol. The molecule has 0 aliphatic carbocycles. The molecule has 0 aliphatic heterocycles. The molecule has 0 atom stereocenters. The number of nitriles is 1. The summed E-state index contributed by atoms with van der Waals surface area (Å²) in [4.78, 5) is 2.26. The van der Waals surface area contributed by atoms with Gasteiger partial charge in [-0.3, -0.25) is 4.90 Å². The Morgan fingerprint density at radius 2 is 2.07 bits per heavy atom. The molecule has 0 radical (unpaired) electrons. The van der Waals surface area contributed by atoms with Crippen molar-refractivity contribution in [1.82, 2.24) is 10.2 Å². The summed E-state index contributed by atoms with van der Waals surface area (Å²) in [6, 6.07) is 2.17. The van der Waals surface area contributed by atoms with Gasteiger partial charge in [0.25, 0.3) is 0 Å². The van der Waals surface area contributed by atoms with Crippen LogP contribution in [0.3, 0.4) is 0 Å². The molecule has 15 heavy (non-hydrogen) atoms. The first kappa shape index (κ1) is 14.4. The monoisotopic (exact) mass is 213 g/mol. The van der Waals surface area contributed by atoms with E-state index < -0.39 is 0 Å². The molecule has 88 valence electrons. The van der Waals surface area contributed by atoms with Gasteiger partial charge in [0.15, 0.2) is 0 Å². The SMILES string of the molecule is CCCNCCN(CCC#N)CCOC. The molecule has 0 rings (SSSR count). The van der Waals surface area contributed by atoms with Gasteiger partial charge in [-0.1, -0.05) is 6.92 Å². The molecule has 4 heteroatoms. The van der Waals surface area contributed by atoms with Crippen molar-refractivity contribution >= 4 is 0 Å². The topological polar surface area (TPSA) is 48.3 Å². The molecule has 0 spiro atoms. The van der Waals surface area contributed by atoms with Crippen molar-refractivity contribution in [3.63, 3.8) is 0 Å². The summed E-state index contributed by atoms with van der Waals surface area (Å²) in [5, 5.41) is 11.9. The van der Waals surface area contributed by atoms with Gasteiger partial charge in [-0.25, -0.2) is 0 Å². The molecule has 0 aromatic carbocycles. The fraction of sp³-hybridized carbons (Fsp3) is 0.909. The Morgan fingerprint density at radius 1 is 1.27 bits per heavy atom. The van der Waals surface area contributed by atoms with Crippen molar-refractivity contribution in [3.05, 3.63) is 0 Å². The van der Waals surface area contributed by atoms with E-state index in [-0.39, 0.29) is 0 Å². The predicted octanol–water partition coefficient (Wildman–Crippen LogP) is 0.848. The Hall–Kier alpha value is -0.630. The minimum absolute atomic E-state index is 0.595. The van der Waals surface area contributed by atoms with Gasteiger partial charge < -0.3 is 10.1 Å². The van der Waals surface area contributed by atoms with Crippen LogP contribution in [0.2, 0.25) is 0 Å². The van der Waals surface area contributed by atoms with E-state index in [0.29, 0.717) is 6.42 Å². The Labute approximate surface area is 93.2 Å². The van der Waals surface area contributed by atoms with Gasteiger partial charge in [-0.05, 0) is 13.0 Å². The average Bonchev–Trinajstić information content (AvgIpc) is 2.27. The van der Waals surface area contributed by atoms with Crippen LogP contribution in [-0.4, -0.2) is 51.3 Å². The van der Waals surface area contributed by atoms with Gasteiger partial charge in [-0.2, -0.15) is 5.26 Å². The van der Waals surface area contributed by atoms with Gasteiger partial charge in [0, 0.05) is 39.7 Å². The molecule has 0 saturated heterocycles. The van der Waals surface area contributed by atoms with E-state index in [1.807, 2.05) is 0 Å². The second kappa shape index (κ2) is 11.4. The Morgan fingerprint density at radius 3 is 2.67 bits per heavy atom. The van der Waals surface area contributed by atoms with Crippen molar-refractivity contribution in [1.29, 1.82) is 5.26 Å². The molecule has 0 heterocycles. The average molecular weight is 213 g/mol. The zero-order valence-electron chi connectivity index (χ0n) is 9.96. The van der Waals surface area contributed by atoms with Crippen LogP contribution in [0, 0.1) is 11.3 Å². The van der Waals surface area contributed by atoms with Gasteiger partial charge in [0.05, 0.1) is 12.7 Å². The smallest absolute Gasteiger partial charge is 0.0635 e. The number of ether oxygens (including phenoxy) is 1. The highest BCUT2D eigenvalue weighted by atomic mass is 16.5. The Bertz CT molecular complexity index is 168. The molecule has 0 saturated carbocycles. The summed E-state index contributed by atoms with van der Waals surface area (Å²) in [6.45, 7) is 7.69. The fourth-order valence-corrected chi connectivity index (χ4v) is 1.30. The molecule has 0 amide bonds. The summed E-state index contributed by atoms with van der Waals surface area (Å²) >= 11 is 0. The van der Waals surface area contributed by atoms with Crippen molar-refractivity contribution < 1.29 is 4.74 Å². The highest BCUT2D eigenvalue weighted by Gasteiger charge is 2.03. The Kier molecular flexibility index (Phi) is 11.0. The van der Waals surface area contributed by atoms with Gasteiger partial charge in [-0.15, -0.1) is 0 Å². The largest absolute Gasteiger partial charge is 0.383 e. The van der Waals surface area contributed by atoms with Crippen molar-refractivity contribution in [2.45, 2.75) is 19.8 Å². The van der Waals surface area contributed by atoms with E-state index in [1.54, 1.807) is 7.11 Å². The normalized spacial score (nSPS) is 10.5. The standard InChI is InChI=1S/C11H23N3O/c1-3-6-13-7-9-14(8-4-5-12)10-11-15-2/h13H,3-4,6-11H2,1-2H3. The Balaban J connectivity index is 3.55. The number of hydrogen-bond acceptors (Lipinski definition) is 4. The van der Waals surface area contributed by atoms with E-state index in [2.05, 4.69) is 23.2 Å². The summed E-state index contributed by atoms with van der Waals surface area (Å²) in [5.41, 5.74) is 0. The zero-order chi connectivity index (χ0) is 11.4. The lowest BCUT2D eigenvalue weighted by Gasteiger charge is -2.20. The molecule has 0 fully saturated rings. The second-order valence-electron chi connectivity index (χ2n) is 3.49. The number of methoxy groups -OCH3 is 1. The van der Waals surface area contributed by atoms with Crippen molar-refractivity contribution in [2.24, 2.45) is 0 Å². The molecule has 4 nitrogen and oxygen atoms in total. The fourth-order valence-electron chi connectivity index (χ4n) is 1.30. The lowest BCUT2D eigenvalue weighted by Crippen LogP contribution is -2.35. The maximum atomic E-state index is 8.53. The number of nitrogens with one attached hydrogen (secondary N) is 1. The van der Waals surface area contributed by atoms with Crippen LogP contribution in [0.15, 0.2) is 0 Å². The second-order valence-corrected chi connectivity index (χ2v) is 3.49. The first-order valence-corrected chi connectivity index (χ1v) is 5.64. The number of rotatable bonds is 10. The molecule has 0 bridgehead atoms. The summed E-state index contributed by atoms with van der Waals surface area (Å²) in [7, 11) is 1.71. The minimum Gasteiger partial charge on any atom is -0.383 e. The van der Waals surface area contributed by atoms with E-state index in [1.165, 1.54) is 0 Å². The maximum absolute atomic E-state index is 8.53. The van der Waals surface area contributed by atoms with Crippen molar-refractivity contribution in [3.8, 4) is 6.07 Å². The van der Waals surface area contributed by atoms with Crippen LogP contribution >= 0.6 is 0 Å². The van der Waals surface area contributed by atoms with E-state index in [0.717, 1.165) is 45.8 Å². The summed E-state index contributed by atoms with van der Waals surface area (Å²) in [6.07, 6.45) is 1.76. The van der Waals surface area contributed by atoms with Crippen LogP contribution < -0.4 is 5.32 Å². The third-order valence-corrected chi connectivity index (χ3v) is 2.18. The molecule has 0 aromatic rings. The highest BCUT2D eigenvalue weighted by Crippen LogP contribution is 1.90. The maximum Gasteiger partial charge on any atom is 0.0635 e. The third kappa shape index (κ3) is 9.67. The number of nitrogens with zero attached hydrogens (tertiary/aromatic N) is 2. The van der Waals surface area contributed by atoms with Gasteiger partial charge >= 0.3 is 0 Å². The predicted molar refractivity (Wildman–Crippen MR) is 61.7 cm³/mol. The zero-order valence-corrected chi connectivity index (χ0v) is 9.96. The summed E-state index contributed by atoms with van der Waals surface area (Å²) in [5.74, 6) is 0. The molecule has 0 aromatic heterocycles. The molecular formula is C11H23N3O. The van der Waals surface area contributed by atoms with E-state index >= 15 is 0 Å². The third-order valence-electron chi connectivity index (χ3n) is 2.18. The van der Waals surface area contributed by atoms with Gasteiger partial charge in [0.1, 0.15) is 0 Å². The van der Waals surface area contributed by atoms with Crippen LogP contribution in [0.1, 0.15) is 19.8 Å². The van der Waals surface area contributed by atoms with Crippen LogP contribution in [-0.2, 0) is 4.74 Å². The first-order valence-electron chi connectivity index (χ1n) is 5.64. The lowest BCUT2D eigenvalue weighted by molar-refractivity contribution is 0.149. The quantitative estimate of drug-likeness (QED) is 0.547. The first-order chi connectivity index (χ1) is 7.35. The van der Waals surface area contributed by atoms with Crippen LogP contribution in [0.4, 0.5) is 0 Å². The van der Waals surface area contributed by atoms with Crippen LogP contribution in [0.5, 0.6) is 0 Å². The van der Waals surface area contributed by atoms with Crippen molar-refractivity contribution in [2.75, 3.05) is 46.4 Å². The molecule has 1 N–H and O–H groups in total. The number of hydrogen-bond donors (Lipinski definition) is 1. The van der Waals surface area contributed by atoms with E-state index in [9.17, 15) is 0 Å².